The molecule has 3 rings (SSSR count). The predicted octanol–water partition coefficient (Wildman–Crippen LogP) is 4.54. The molecule has 7 heteroatoms. The Balaban J connectivity index is 1.42. The van der Waals surface area contributed by atoms with Crippen molar-refractivity contribution in [3.63, 3.8) is 0 Å². The quantitative estimate of drug-likeness (QED) is 0.636. The molecule has 1 aliphatic rings. The van der Waals surface area contributed by atoms with Crippen molar-refractivity contribution in [3.05, 3.63) is 44.9 Å². The van der Waals surface area contributed by atoms with E-state index in [1.807, 2.05) is 19.1 Å². The van der Waals surface area contributed by atoms with Crippen LogP contribution >= 0.6 is 22.9 Å². The zero-order valence-electron chi connectivity index (χ0n) is 16.5. The average molecular weight is 422 g/mol. The van der Waals surface area contributed by atoms with Crippen molar-refractivity contribution in [1.29, 1.82) is 0 Å². The highest BCUT2D eigenvalue weighted by Crippen LogP contribution is 2.21. The van der Waals surface area contributed by atoms with Gasteiger partial charge in [-0.3, -0.25) is 4.79 Å². The Morgan fingerprint density at radius 3 is 2.93 bits per heavy atom. The molecule has 28 heavy (non-hydrogen) atoms. The number of likely N-dealkylation sites (tertiary alicyclic amines) is 1. The molecular weight excluding hydrogens is 394 g/mol. The van der Waals surface area contributed by atoms with E-state index < -0.39 is 0 Å². The van der Waals surface area contributed by atoms with Gasteiger partial charge in [0.2, 0.25) is 0 Å². The second kappa shape index (κ2) is 10.2. The molecule has 1 N–H and O–H groups in total. The lowest BCUT2D eigenvalue weighted by Gasteiger charge is -2.30. The Hall–Kier alpha value is -1.63. The Bertz CT molecular complexity index is 778. The van der Waals surface area contributed by atoms with E-state index in [4.69, 9.17) is 16.3 Å². The topological polar surface area (TPSA) is 54.5 Å². The number of carbonyl (C=O) groups excluding carboxylic acids is 1. The van der Waals surface area contributed by atoms with Gasteiger partial charge in [0.1, 0.15) is 22.2 Å². The number of benzene rings is 1. The van der Waals surface area contributed by atoms with Gasteiger partial charge < -0.3 is 15.0 Å². The molecule has 0 saturated carbocycles. The van der Waals surface area contributed by atoms with Crippen molar-refractivity contribution in [2.45, 2.75) is 39.7 Å². The number of ether oxygens (including phenoxy) is 1. The summed E-state index contributed by atoms with van der Waals surface area (Å²) in [4.78, 5) is 20.1. The number of hydrogen-bond acceptors (Lipinski definition) is 5. The summed E-state index contributed by atoms with van der Waals surface area (Å²) in [6, 6.07) is 7.21. The fraction of sp³-hybridized carbons (Fsp3) is 0.524. The lowest BCUT2D eigenvalue weighted by molar-refractivity contribution is 0.0953. The minimum absolute atomic E-state index is 0.0419. The van der Waals surface area contributed by atoms with Crippen molar-refractivity contribution < 1.29 is 9.53 Å². The summed E-state index contributed by atoms with van der Waals surface area (Å²) in [5.41, 5.74) is 0.752. The molecule has 5 nitrogen and oxygen atoms in total. The summed E-state index contributed by atoms with van der Waals surface area (Å²) in [5.74, 6) is 1.48. The highest BCUT2D eigenvalue weighted by atomic mass is 35.5. The first kappa shape index (κ1) is 21.1. The van der Waals surface area contributed by atoms with Gasteiger partial charge in [-0.05, 0) is 69.5 Å². The summed E-state index contributed by atoms with van der Waals surface area (Å²) < 4.78 is 5.72. The molecule has 2 aromatic rings. The van der Waals surface area contributed by atoms with Gasteiger partial charge in [0.05, 0.1) is 5.69 Å². The first-order chi connectivity index (χ1) is 13.5. The summed E-state index contributed by atoms with van der Waals surface area (Å²) in [7, 11) is 0. The molecule has 1 fully saturated rings. The maximum absolute atomic E-state index is 12.5. The fourth-order valence-corrected chi connectivity index (χ4v) is 4.50. The van der Waals surface area contributed by atoms with Gasteiger partial charge in [-0.15, -0.1) is 11.3 Å². The molecule has 1 atom stereocenters. The summed E-state index contributed by atoms with van der Waals surface area (Å²) in [5, 5.41) is 4.50. The SMILES string of the molecule is Cc1nc(COc2ccc(Cl)cc2)sc1C(=O)NCCCN1CCC[C@H](C)C1. The molecule has 1 aromatic heterocycles. The molecule has 0 unspecified atom stereocenters. The number of piperidine rings is 1. The van der Waals surface area contributed by atoms with Crippen molar-refractivity contribution in [2.75, 3.05) is 26.2 Å². The Morgan fingerprint density at radius 1 is 1.39 bits per heavy atom. The lowest BCUT2D eigenvalue weighted by atomic mass is 10.0. The lowest BCUT2D eigenvalue weighted by Crippen LogP contribution is -2.36. The third-order valence-electron chi connectivity index (χ3n) is 4.90. The highest BCUT2D eigenvalue weighted by molar-refractivity contribution is 7.13. The van der Waals surface area contributed by atoms with Crippen molar-refractivity contribution >= 4 is 28.8 Å². The normalized spacial score (nSPS) is 17.5. The van der Waals surface area contributed by atoms with Crippen LogP contribution in [0.4, 0.5) is 0 Å². The second-order valence-electron chi connectivity index (χ2n) is 7.42. The van der Waals surface area contributed by atoms with E-state index in [-0.39, 0.29) is 5.91 Å². The third-order valence-corrected chi connectivity index (χ3v) is 6.28. The summed E-state index contributed by atoms with van der Waals surface area (Å²) in [6.45, 7) is 8.63. The van der Waals surface area contributed by atoms with Gasteiger partial charge in [-0.1, -0.05) is 18.5 Å². The molecular formula is C21H28ClN3O2S. The number of halogens is 1. The van der Waals surface area contributed by atoms with Crippen molar-refractivity contribution in [3.8, 4) is 5.75 Å². The first-order valence-corrected chi connectivity index (χ1v) is 11.1. The minimum Gasteiger partial charge on any atom is -0.486 e. The summed E-state index contributed by atoms with van der Waals surface area (Å²) >= 11 is 7.27. The number of aryl methyl sites for hydroxylation is 1. The first-order valence-electron chi connectivity index (χ1n) is 9.86. The average Bonchev–Trinajstić information content (AvgIpc) is 3.05. The number of aromatic nitrogens is 1. The number of nitrogens with one attached hydrogen (secondary N) is 1. The van der Waals surface area contributed by atoms with Crippen LogP contribution in [0.15, 0.2) is 24.3 Å². The van der Waals surface area contributed by atoms with Gasteiger partial charge in [0.15, 0.2) is 0 Å². The monoisotopic (exact) mass is 421 g/mol. The van der Waals surface area contributed by atoms with Gasteiger partial charge >= 0.3 is 0 Å². The number of hydrogen-bond donors (Lipinski definition) is 1. The number of thiazole rings is 1. The maximum Gasteiger partial charge on any atom is 0.263 e. The largest absolute Gasteiger partial charge is 0.486 e. The van der Waals surface area contributed by atoms with Crippen LogP contribution in [0.1, 0.15) is 46.6 Å². The van der Waals surface area contributed by atoms with Crippen LogP contribution in [0.2, 0.25) is 5.02 Å². The molecule has 2 heterocycles. The van der Waals surface area contributed by atoms with E-state index in [0.29, 0.717) is 23.1 Å². The summed E-state index contributed by atoms with van der Waals surface area (Å²) in [6.07, 6.45) is 3.60. The minimum atomic E-state index is -0.0419. The van der Waals surface area contributed by atoms with E-state index in [2.05, 4.69) is 22.1 Å². The van der Waals surface area contributed by atoms with Crippen molar-refractivity contribution in [2.24, 2.45) is 5.92 Å². The zero-order valence-corrected chi connectivity index (χ0v) is 18.1. The molecule has 0 radical (unpaired) electrons. The molecule has 1 aromatic carbocycles. The van der Waals surface area contributed by atoms with Crippen LogP contribution < -0.4 is 10.1 Å². The molecule has 152 valence electrons. The van der Waals surface area contributed by atoms with Gasteiger partial charge in [0.25, 0.3) is 5.91 Å². The smallest absolute Gasteiger partial charge is 0.263 e. The predicted molar refractivity (Wildman–Crippen MR) is 114 cm³/mol. The Labute approximate surface area is 176 Å². The number of amides is 1. The van der Waals surface area contributed by atoms with Crippen LogP contribution in [-0.2, 0) is 6.61 Å². The Morgan fingerprint density at radius 2 is 2.18 bits per heavy atom. The number of rotatable bonds is 8. The van der Waals surface area contributed by atoms with E-state index >= 15 is 0 Å². The van der Waals surface area contributed by atoms with E-state index in [1.54, 1.807) is 12.1 Å². The highest BCUT2D eigenvalue weighted by Gasteiger charge is 2.17. The fourth-order valence-electron chi connectivity index (χ4n) is 3.48. The van der Waals surface area contributed by atoms with Crippen LogP contribution in [-0.4, -0.2) is 42.0 Å². The van der Waals surface area contributed by atoms with E-state index in [9.17, 15) is 4.79 Å². The van der Waals surface area contributed by atoms with E-state index in [0.717, 1.165) is 35.3 Å². The third kappa shape index (κ3) is 6.19. The maximum atomic E-state index is 12.5. The van der Waals surface area contributed by atoms with Crippen LogP contribution in [0.25, 0.3) is 0 Å². The van der Waals surface area contributed by atoms with Crippen LogP contribution in [0.5, 0.6) is 5.75 Å². The molecule has 0 spiro atoms. The molecule has 1 saturated heterocycles. The van der Waals surface area contributed by atoms with Gasteiger partial charge in [-0.25, -0.2) is 4.98 Å². The molecule has 1 aliphatic heterocycles. The molecule has 0 bridgehead atoms. The second-order valence-corrected chi connectivity index (χ2v) is 8.94. The van der Waals surface area contributed by atoms with Gasteiger partial charge in [-0.2, -0.15) is 0 Å². The zero-order chi connectivity index (χ0) is 19.9. The van der Waals surface area contributed by atoms with Gasteiger partial charge in [0, 0.05) is 18.1 Å². The van der Waals surface area contributed by atoms with Crippen LogP contribution in [0.3, 0.4) is 0 Å². The van der Waals surface area contributed by atoms with Crippen molar-refractivity contribution in [1.82, 2.24) is 15.2 Å². The molecule has 1 amide bonds. The number of carbonyl (C=O) groups is 1. The standard InChI is InChI=1S/C21H28ClN3O2S/c1-15-5-3-11-25(13-15)12-4-10-23-21(26)20-16(2)24-19(28-20)14-27-18-8-6-17(22)7-9-18/h6-9,15H,3-5,10-14H2,1-2H3,(H,23,26)/t15-/m0/s1. The van der Waals surface area contributed by atoms with Crippen LogP contribution in [0, 0.1) is 12.8 Å². The Kier molecular flexibility index (Phi) is 7.71. The molecule has 0 aliphatic carbocycles. The number of nitrogens with zero attached hydrogens (tertiary/aromatic N) is 2. The van der Waals surface area contributed by atoms with E-state index in [1.165, 1.54) is 37.3 Å².